The van der Waals surface area contributed by atoms with E-state index in [4.69, 9.17) is 4.74 Å². The van der Waals surface area contributed by atoms with Crippen LogP contribution in [-0.2, 0) is 0 Å². The predicted molar refractivity (Wildman–Crippen MR) is 109 cm³/mol. The van der Waals surface area contributed by atoms with E-state index in [1.807, 2.05) is 50.7 Å². The monoisotopic (exact) mass is 385 g/mol. The number of rotatable bonds is 6. The number of nitrogens with one attached hydrogen (secondary N) is 1. The molecule has 8 heteroatoms. The zero-order valence-corrected chi connectivity index (χ0v) is 16.4. The second-order valence-electron chi connectivity index (χ2n) is 6.18. The topological polar surface area (TPSA) is 63.2 Å². The zero-order valence-electron chi connectivity index (χ0n) is 14.8. The molecule has 1 N–H and O–H groups in total. The Morgan fingerprint density at radius 1 is 1.12 bits per heavy atom. The number of benzene rings is 1. The van der Waals surface area contributed by atoms with Gasteiger partial charge >= 0.3 is 0 Å². The summed E-state index contributed by atoms with van der Waals surface area (Å²) in [6, 6.07) is 7.94. The molecule has 0 aliphatic carbocycles. The van der Waals surface area contributed by atoms with Crippen molar-refractivity contribution in [1.29, 1.82) is 0 Å². The summed E-state index contributed by atoms with van der Waals surface area (Å²) in [4.78, 5) is 15.8. The average Bonchev–Trinajstić information content (AvgIpc) is 3.19. The summed E-state index contributed by atoms with van der Waals surface area (Å²) in [5.74, 6) is 1.89. The summed E-state index contributed by atoms with van der Waals surface area (Å²) in [7, 11) is 4.07. The fraction of sp³-hybridized carbons (Fsp3) is 0.278. The van der Waals surface area contributed by atoms with E-state index in [1.165, 1.54) is 0 Å². The highest BCUT2D eigenvalue weighted by molar-refractivity contribution is 7.18. The van der Waals surface area contributed by atoms with Gasteiger partial charge in [0.25, 0.3) is 0 Å². The standard InChI is InChI=1S/C18H19N5OS2/c1-11-20-14-10-12(4-5-15(14)26-11)24-17-16-13(6-9-25-16)21-18(22-17)19-7-8-23(2)3/h4-6,9-10H,7-8H2,1-3H3,(H,19,21,22). The third-order valence-corrected chi connectivity index (χ3v) is 5.64. The van der Waals surface area contributed by atoms with Gasteiger partial charge in [-0.3, -0.25) is 0 Å². The van der Waals surface area contributed by atoms with E-state index in [9.17, 15) is 0 Å². The highest BCUT2D eigenvalue weighted by atomic mass is 32.1. The molecule has 0 unspecified atom stereocenters. The summed E-state index contributed by atoms with van der Waals surface area (Å²) in [5, 5.41) is 6.32. The van der Waals surface area contributed by atoms with Crippen molar-refractivity contribution in [1.82, 2.24) is 19.9 Å². The molecular formula is C18H19N5OS2. The van der Waals surface area contributed by atoms with E-state index in [-0.39, 0.29) is 0 Å². The van der Waals surface area contributed by atoms with Crippen LogP contribution in [0.3, 0.4) is 0 Å². The number of hydrogen-bond acceptors (Lipinski definition) is 8. The summed E-state index contributed by atoms with van der Waals surface area (Å²) in [6.45, 7) is 3.68. The lowest BCUT2D eigenvalue weighted by Crippen LogP contribution is -2.21. The fourth-order valence-corrected chi connectivity index (χ4v) is 4.14. The smallest absolute Gasteiger partial charge is 0.242 e. The quantitative estimate of drug-likeness (QED) is 0.532. The van der Waals surface area contributed by atoms with E-state index in [1.54, 1.807) is 22.7 Å². The zero-order chi connectivity index (χ0) is 18.1. The Balaban J connectivity index is 1.64. The van der Waals surface area contributed by atoms with Crippen LogP contribution < -0.4 is 10.1 Å². The van der Waals surface area contributed by atoms with Gasteiger partial charge in [0.2, 0.25) is 11.8 Å². The molecule has 6 nitrogen and oxygen atoms in total. The number of likely N-dealkylation sites (N-methyl/N-ethyl adjacent to an activating group) is 1. The maximum Gasteiger partial charge on any atom is 0.242 e. The molecule has 0 saturated carbocycles. The van der Waals surface area contributed by atoms with Crippen molar-refractivity contribution in [2.24, 2.45) is 0 Å². The van der Waals surface area contributed by atoms with Gasteiger partial charge in [-0.15, -0.1) is 22.7 Å². The van der Waals surface area contributed by atoms with Crippen LogP contribution in [0.15, 0.2) is 29.6 Å². The average molecular weight is 386 g/mol. The number of aromatic nitrogens is 3. The van der Waals surface area contributed by atoms with Crippen LogP contribution in [0.2, 0.25) is 0 Å². The van der Waals surface area contributed by atoms with Gasteiger partial charge in [-0.2, -0.15) is 4.98 Å². The van der Waals surface area contributed by atoms with Crippen molar-refractivity contribution < 1.29 is 4.74 Å². The van der Waals surface area contributed by atoms with Crippen LogP contribution >= 0.6 is 22.7 Å². The molecule has 0 aliphatic heterocycles. The minimum absolute atomic E-state index is 0.573. The van der Waals surface area contributed by atoms with Crippen LogP contribution in [0.4, 0.5) is 5.95 Å². The van der Waals surface area contributed by atoms with Gasteiger partial charge in [-0.05, 0) is 44.6 Å². The summed E-state index contributed by atoms with van der Waals surface area (Å²) >= 11 is 3.26. The van der Waals surface area contributed by atoms with Crippen molar-refractivity contribution >= 4 is 49.1 Å². The molecule has 0 bridgehead atoms. The van der Waals surface area contributed by atoms with E-state index in [0.29, 0.717) is 11.8 Å². The molecule has 0 fully saturated rings. The number of ether oxygens (including phenoxy) is 1. The highest BCUT2D eigenvalue weighted by Crippen LogP contribution is 2.34. The van der Waals surface area contributed by atoms with Gasteiger partial charge in [0.1, 0.15) is 10.4 Å². The van der Waals surface area contributed by atoms with Gasteiger partial charge in [0.15, 0.2) is 0 Å². The molecule has 0 aliphatic rings. The molecule has 3 heterocycles. The number of nitrogens with zero attached hydrogens (tertiary/aromatic N) is 4. The van der Waals surface area contributed by atoms with E-state index < -0.39 is 0 Å². The first kappa shape index (κ1) is 17.1. The van der Waals surface area contributed by atoms with E-state index >= 15 is 0 Å². The third kappa shape index (κ3) is 3.62. The second-order valence-corrected chi connectivity index (χ2v) is 8.33. The normalized spacial score (nSPS) is 11.5. The number of thiophene rings is 1. The predicted octanol–water partition coefficient (Wildman–Crippen LogP) is 4.38. The molecule has 4 aromatic rings. The molecule has 4 rings (SSSR count). The second kappa shape index (κ2) is 7.14. The Morgan fingerprint density at radius 3 is 2.85 bits per heavy atom. The van der Waals surface area contributed by atoms with Crippen LogP contribution in [0, 0.1) is 6.92 Å². The lowest BCUT2D eigenvalue weighted by Gasteiger charge is -2.11. The number of thiazole rings is 1. The van der Waals surface area contributed by atoms with Crippen molar-refractivity contribution in [3.05, 3.63) is 34.7 Å². The molecule has 3 aromatic heterocycles. The number of hydrogen-bond donors (Lipinski definition) is 1. The maximum absolute atomic E-state index is 6.11. The van der Waals surface area contributed by atoms with Crippen LogP contribution in [0.5, 0.6) is 11.6 Å². The minimum Gasteiger partial charge on any atom is -0.437 e. The molecule has 134 valence electrons. The van der Waals surface area contributed by atoms with Gasteiger partial charge in [-0.1, -0.05) is 0 Å². The molecule has 0 radical (unpaired) electrons. The molecule has 26 heavy (non-hydrogen) atoms. The van der Waals surface area contributed by atoms with Gasteiger partial charge in [0.05, 0.1) is 20.7 Å². The Morgan fingerprint density at radius 2 is 2.00 bits per heavy atom. The Kier molecular flexibility index (Phi) is 4.71. The molecular weight excluding hydrogens is 366 g/mol. The van der Waals surface area contributed by atoms with E-state index in [0.717, 1.165) is 44.3 Å². The minimum atomic E-state index is 0.573. The first-order valence-electron chi connectivity index (χ1n) is 8.27. The van der Waals surface area contributed by atoms with Gasteiger partial charge < -0.3 is 15.0 Å². The molecule has 1 aromatic carbocycles. The van der Waals surface area contributed by atoms with Crippen molar-refractivity contribution in [2.45, 2.75) is 6.92 Å². The van der Waals surface area contributed by atoms with E-state index in [2.05, 4.69) is 25.2 Å². The summed E-state index contributed by atoms with van der Waals surface area (Å²) in [5.41, 5.74) is 1.84. The summed E-state index contributed by atoms with van der Waals surface area (Å²) < 4.78 is 8.21. The fourth-order valence-electron chi connectivity index (χ4n) is 2.57. The third-order valence-electron chi connectivity index (χ3n) is 3.80. The SMILES string of the molecule is Cc1nc2cc(Oc3nc(NCCN(C)C)nc4ccsc34)ccc2s1. The van der Waals surface area contributed by atoms with Crippen LogP contribution in [0.1, 0.15) is 5.01 Å². The van der Waals surface area contributed by atoms with Crippen LogP contribution in [0.25, 0.3) is 20.4 Å². The first-order valence-corrected chi connectivity index (χ1v) is 9.97. The first-order chi connectivity index (χ1) is 12.6. The number of anilines is 1. The number of fused-ring (bicyclic) bond motifs is 2. The Hall–Kier alpha value is -2.29. The maximum atomic E-state index is 6.11. The summed E-state index contributed by atoms with van der Waals surface area (Å²) in [6.07, 6.45) is 0. The molecule has 0 atom stereocenters. The molecule has 0 amide bonds. The van der Waals surface area contributed by atoms with Gasteiger partial charge in [-0.25, -0.2) is 9.97 Å². The highest BCUT2D eigenvalue weighted by Gasteiger charge is 2.12. The molecule has 0 saturated heterocycles. The van der Waals surface area contributed by atoms with Gasteiger partial charge in [0, 0.05) is 19.2 Å². The molecule has 0 spiro atoms. The van der Waals surface area contributed by atoms with Crippen molar-refractivity contribution in [2.75, 3.05) is 32.5 Å². The van der Waals surface area contributed by atoms with Crippen LogP contribution in [-0.4, -0.2) is 47.0 Å². The van der Waals surface area contributed by atoms with Crippen molar-refractivity contribution in [3.63, 3.8) is 0 Å². The lowest BCUT2D eigenvalue weighted by atomic mass is 10.3. The lowest BCUT2D eigenvalue weighted by molar-refractivity contribution is 0.424. The Bertz CT molecular complexity index is 1060. The van der Waals surface area contributed by atoms with Crippen molar-refractivity contribution in [3.8, 4) is 11.6 Å². The largest absolute Gasteiger partial charge is 0.437 e. The Labute approximate surface area is 159 Å². The number of aryl methyl sites for hydroxylation is 1.